The van der Waals surface area contributed by atoms with Crippen LogP contribution in [0.3, 0.4) is 0 Å². The molecule has 7 atom stereocenters. The minimum absolute atomic E-state index is 0.168. The fourth-order valence-corrected chi connectivity index (χ4v) is 12.3. The molecule has 7 unspecified atom stereocenters. The van der Waals surface area contributed by atoms with E-state index in [-0.39, 0.29) is 12.5 Å². The molecule has 9 heteroatoms. The first kappa shape index (κ1) is 81.4. The molecule has 1 amide bonds. The molecule has 0 aliphatic carbocycles. The van der Waals surface area contributed by atoms with Crippen LogP contribution in [-0.4, -0.2) is 87.5 Å². The van der Waals surface area contributed by atoms with Crippen LogP contribution in [-0.2, 0) is 14.3 Å². The smallest absolute Gasteiger partial charge is 0.220 e. The Bertz CT molecular complexity index is 1440. The van der Waals surface area contributed by atoms with Crippen molar-refractivity contribution in [2.75, 3.05) is 13.2 Å². The number of rotatable bonds is 67. The van der Waals surface area contributed by atoms with E-state index >= 15 is 0 Å². The third kappa shape index (κ3) is 53.9. The second kappa shape index (κ2) is 65.4. The molecule has 502 valence electrons. The summed E-state index contributed by atoms with van der Waals surface area (Å²) in [4.78, 5) is 13.1. The Hall–Kier alpha value is -1.59. The van der Waals surface area contributed by atoms with E-state index in [1.165, 1.54) is 321 Å². The van der Waals surface area contributed by atoms with E-state index in [0.29, 0.717) is 6.42 Å². The minimum Gasteiger partial charge on any atom is -0.394 e. The van der Waals surface area contributed by atoms with Crippen LogP contribution in [0.15, 0.2) is 36.5 Å². The van der Waals surface area contributed by atoms with E-state index in [4.69, 9.17) is 9.47 Å². The Kier molecular flexibility index (Phi) is 62.6. The van der Waals surface area contributed by atoms with Crippen molar-refractivity contribution in [2.24, 2.45) is 0 Å². The van der Waals surface area contributed by atoms with Gasteiger partial charge in [0.05, 0.1) is 25.4 Å². The van der Waals surface area contributed by atoms with Crippen LogP contribution in [0.1, 0.15) is 386 Å². The summed E-state index contributed by atoms with van der Waals surface area (Å²) >= 11 is 0. The molecule has 1 fully saturated rings. The largest absolute Gasteiger partial charge is 0.394 e. The average molecular weight is 1200 g/mol. The van der Waals surface area contributed by atoms with Gasteiger partial charge in [-0.2, -0.15) is 0 Å². The van der Waals surface area contributed by atoms with E-state index in [9.17, 15) is 30.3 Å². The molecule has 0 aromatic heterocycles. The van der Waals surface area contributed by atoms with Gasteiger partial charge >= 0.3 is 0 Å². The summed E-state index contributed by atoms with van der Waals surface area (Å²) in [6.07, 6.45) is 81.4. The maximum absolute atomic E-state index is 13.1. The normalized spacial score (nSPS) is 18.2. The van der Waals surface area contributed by atoms with Gasteiger partial charge in [-0.3, -0.25) is 4.79 Å². The number of hydrogen-bond acceptors (Lipinski definition) is 8. The first-order valence-electron chi connectivity index (χ1n) is 37.7. The number of ether oxygens (including phenoxy) is 2. The highest BCUT2D eigenvalue weighted by atomic mass is 16.7. The van der Waals surface area contributed by atoms with Crippen LogP contribution in [0.5, 0.6) is 0 Å². The molecule has 0 bridgehead atoms. The lowest BCUT2D eigenvalue weighted by Crippen LogP contribution is -2.60. The maximum atomic E-state index is 13.1. The molecule has 0 spiro atoms. The fraction of sp³-hybridized carbons (Fsp3) is 0.908. The van der Waals surface area contributed by atoms with E-state index < -0.39 is 49.5 Å². The Balaban J connectivity index is 2.05. The summed E-state index contributed by atoms with van der Waals surface area (Å²) in [7, 11) is 0. The number of aliphatic hydroxyl groups excluding tert-OH is 5. The third-order valence-corrected chi connectivity index (χ3v) is 18.2. The van der Waals surface area contributed by atoms with Crippen LogP contribution >= 0.6 is 0 Å². The fourth-order valence-electron chi connectivity index (χ4n) is 12.3. The van der Waals surface area contributed by atoms with E-state index in [0.717, 1.165) is 44.9 Å². The number of carbonyl (C=O) groups excluding carboxylic acids is 1. The molecule has 85 heavy (non-hydrogen) atoms. The van der Waals surface area contributed by atoms with Gasteiger partial charge in [-0.25, -0.2) is 0 Å². The summed E-state index contributed by atoms with van der Waals surface area (Å²) in [6, 6.07) is -0.804. The number of unbranched alkanes of at least 4 members (excludes halogenated alkanes) is 53. The molecule has 0 aromatic rings. The Morgan fingerprint density at radius 1 is 0.400 bits per heavy atom. The first-order chi connectivity index (χ1) is 41.8. The van der Waals surface area contributed by atoms with Gasteiger partial charge in [0.2, 0.25) is 5.91 Å². The Labute approximate surface area is 527 Å². The number of allylic oxidation sites excluding steroid dienone is 5. The van der Waals surface area contributed by atoms with Crippen LogP contribution in [0.25, 0.3) is 0 Å². The van der Waals surface area contributed by atoms with Crippen molar-refractivity contribution in [3.05, 3.63) is 36.5 Å². The summed E-state index contributed by atoms with van der Waals surface area (Å²) < 4.78 is 11.3. The Morgan fingerprint density at radius 2 is 0.694 bits per heavy atom. The second-order valence-electron chi connectivity index (χ2n) is 26.4. The molecule has 1 saturated heterocycles. The summed E-state index contributed by atoms with van der Waals surface area (Å²) in [5.74, 6) is -0.168. The zero-order chi connectivity index (χ0) is 61.4. The van der Waals surface area contributed by atoms with Crippen molar-refractivity contribution >= 4 is 5.91 Å². The monoisotopic (exact) mass is 1200 g/mol. The van der Waals surface area contributed by atoms with Crippen molar-refractivity contribution in [2.45, 2.75) is 429 Å². The van der Waals surface area contributed by atoms with Gasteiger partial charge in [0, 0.05) is 6.42 Å². The quantitative estimate of drug-likeness (QED) is 0.0261. The van der Waals surface area contributed by atoms with Crippen molar-refractivity contribution in [3.8, 4) is 0 Å². The van der Waals surface area contributed by atoms with Crippen molar-refractivity contribution in [3.63, 3.8) is 0 Å². The standard InChI is InChI=1S/C76H145NO8/c1-3-5-7-9-11-13-15-17-19-21-23-25-27-28-29-30-31-32-33-34-35-36-37-38-39-40-41-42-44-46-48-50-52-54-56-58-60-62-64-66-72(80)77-69(68-84-76-75(83)74(82)73(81)71(67-78)85-76)70(79)65-63-61-59-57-55-53-51-49-47-45-43-26-24-22-20-18-16-14-12-10-8-6-4-2/h15,17,21,23,63,65,69-71,73-76,78-79,81-83H,3-14,16,18-20,22,24-62,64,66-68H2,1-2H3,(H,77,80)/b17-15-,23-21-,65-63+. The predicted molar refractivity (Wildman–Crippen MR) is 364 cm³/mol. The van der Waals surface area contributed by atoms with E-state index in [2.05, 4.69) is 43.5 Å². The molecular weight excluding hydrogens is 1050 g/mol. The second-order valence-corrected chi connectivity index (χ2v) is 26.4. The SMILES string of the molecule is CCCCCCC/C=C\C/C=C\CCCCCCCCCCCCCCCCCCCCCCCCCCCCCC(=O)NC(COC1OC(CO)C(O)C(O)C1O)C(O)/C=C/CCCCCCCCCCCCCCCCCCCCCCC. The number of amides is 1. The van der Waals surface area contributed by atoms with Crippen LogP contribution in [0.2, 0.25) is 0 Å². The van der Waals surface area contributed by atoms with Crippen LogP contribution in [0, 0.1) is 0 Å². The molecule has 0 aromatic carbocycles. The highest BCUT2D eigenvalue weighted by Crippen LogP contribution is 2.24. The van der Waals surface area contributed by atoms with Crippen LogP contribution < -0.4 is 5.32 Å². The lowest BCUT2D eigenvalue weighted by Gasteiger charge is -2.40. The molecule has 0 radical (unpaired) electrons. The summed E-state index contributed by atoms with van der Waals surface area (Å²) in [5, 5.41) is 54.8. The van der Waals surface area contributed by atoms with Gasteiger partial charge in [-0.1, -0.05) is 365 Å². The molecule has 6 N–H and O–H groups in total. The summed E-state index contributed by atoms with van der Waals surface area (Å²) in [5.41, 5.74) is 0. The zero-order valence-corrected chi connectivity index (χ0v) is 56.4. The van der Waals surface area contributed by atoms with Crippen LogP contribution in [0.4, 0.5) is 0 Å². The van der Waals surface area contributed by atoms with Gasteiger partial charge < -0.3 is 40.3 Å². The predicted octanol–water partition coefficient (Wildman–Crippen LogP) is 21.0. The number of nitrogens with one attached hydrogen (secondary N) is 1. The van der Waals surface area contributed by atoms with Gasteiger partial charge in [0.1, 0.15) is 24.4 Å². The molecule has 1 rings (SSSR count). The minimum atomic E-state index is -1.57. The lowest BCUT2D eigenvalue weighted by molar-refractivity contribution is -0.302. The number of carbonyl (C=O) groups is 1. The molecular formula is C76H145NO8. The zero-order valence-electron chi connectivity index (χ0n) is 56.4. The average Bonchev–Trinajstić information content (AvgIpc) is 3.66. The molecule has 1 aliphatic rings. The molecule has 0 saturated carbocycles. The van der Waals surface area contributed by atoms with E-state index in [1.54, 1.807) is 6.08 Å². The summed E-state index contributed by atoms with van der Waals surface area (Å²) in [6.45, 7) is 3.83. The first-order valence-corrected chi connectivity index (χ1v) is 37.7. The third-order valence-electron chi connectivity index (χ3n) is 18.2. The van der Waals surface area contributed by atoms with E-state index in [1.807, 2.05) is 6.08 Å². The van der Waals surface area contributed by atoms with Gasteiger partial charge in [0.15, 0.2) is 6.29 Å². The molecule has 1 heterocycles. The molecule has 1 aliphatic heterocycles. The van der Waals surface area contributed by atoms with Crippen molar-refractivity contribution in [1.82, 2.24) is 5.32 Å². The molecule has 9 nitrogen and oxygen atoms in total. The number of aliphatic hydroxyl groups is 5. The van der Waals surface area contributed by atoms with Crippen molar-refractivity contribution < 1.29 is 39.8 Å². The van der Waals surface area contributed by atoms with Gasteiger partial charge in [0.25, 0.3) is 0 Å². The maximum Gasteiger partial charge on any atom is 0.220 e. The highest BCUT2D eigenvalue weighted by Gasteiger charge is 2.44. The lowest BCUT2D eigenvalue weighted by atomic mass is 9.99. The van der Waals surface area contributed by atoms with Crippen molar-refractivity contribution in [1.29, 1.82) is 0 Å². The van der Waals surface area contributed by atoms with Gasteiger partial charge in [-0.05, 0) is 51.4 Å². The Morgan fingerprint density at radius 3 is 1.01 bits per heavy atom. The van der Waals surface area contributed by atoms with Gasteiger partial charge in [-0.15, -0.1) is 0 Å². The number of hydrogen-bond donors (Lipinski definition) is 6. The highest BCUT2D eigenvalue weighted by molar-refractivity contribution is 5.76. The topological polar surface area (TPSA) is 149 Å².